The quantitative estimate of drug-likeness (QED) is 0.781. The summed E-state index contributed by atoms with van der Waals surface area (Å²) in [7, 11) is 0. The van der Waals surface area contributed by atoms with Gasteiger partial charge in [-0.15, -0.1) is 0 Å². The molecule has 24 heavy (non-hydrogen) atoms. The summed E-state index contributed by atoms with van der Waals surface area (Å²) in [6.07, 6.45) is 2.02. The van der Waals surface area contributed by atoms with Crippen LogP contribution in [0.1, 0.15) is 53.1 Å². The number of fused-ring (bicyclic) bond motifs is 1. The maximum Gasteiger partial charge on any atom is 0.272 e. The highest BCUT2D eigenvalue weighted by Crippen LogP contribution is 2.33. The topological polar surface area (TPSA) is 45.6 Å². The van der Waals surface area contributed by atoms with Crippen molar-refractivity contribution in [2.24, 2.45) is 4.99 Å². The molecule has 3 heterocycles. The number of hydrogen-bond donors (Lipinski definition) is 0. The van der Waals surface area contributed by atoms with E-state index in [1.54, 1.807) is 0 Å². The molecule has 0 aliphatic carbocycles. The van der Waals surface area contributed by atoms with Crippen molar-refractivity contribution in [3.8, 4) is 0 Å². The van der Waals surface area contributed by atoms with E-state index in [9.17, 15) is 4.79 Å². The molecule has 0 N–H and O–H groups in total. The van der Waals surface area contributed by atoms with E-state index in [1.807, 2.05) is 36.1 Å². The van der Waals surface area contributed by atoms with Crippen LogP contribution < -0.4 is 0 Å². The summed E-state index contributed by atoms with van der Waals surface area (Å²) in [6, 6.07) is 12.2. The molecule has 122 valence electrons. The molecular weight excluding hydrogens is 366 g/mol. The van der Waals surface area contributed by atoms with Gasteiger partial charge in [0.15, 0.2) is 0 Å². The van der Waals surface area contributed by atoms with E-state index in [0.29, 0.717) is 12.2 Å². The summed E-state index contributed by atoms with van der Waals surface area (Å²) in [5.74, 6) is 0.0166. The second-order valence-corrected chi connectivity index (χ2v) is 7.23. The van der Waals surface area contributed by atoms with E-state index in [1.165, 1.54) is 5.56 Å². The number of carbonyl (C=O) groups excluding carboxylic acids is 1. The second-order valence-electron chi connectivity index (χ2n) is 6.31. The van der Waals surface area contributed by atoms with Crippen LogP contribution in [-0.2, 0) is 6.54 Å². The smallest absolute Gasteiger partial charge is 0.272 e. The molecule has 0 radical (unpaired) electrons. The Bertz CT molecular complexity index is 829. The lowest BCUT2D eigenvalue weighted by molar-refractivity contribution is 0.0729. The molecule has 1 amide bonds. The SMILES string of the molecule is CC1=NCc2ccc(C(=O)N3CCC[C@H]3c3ccc(Br)cc3)nc21. The number of nitrogens with zero attached hydrogens (tertiary/aromatic N) is 3. The van der Waals surface area contributed by atoms with Crippen molar-refractivity contribution in [1.29, 1.82) is 0 Å². The monoisotopic (exact) mass is 383 g/mol. The van der Waals surface area contributed by atoms with Crippen molar-refractivity contribution in [2.75, 3.05) is 6.54 Å². The fourth-order valence-corrected chi connectivity index (χ4v) is 3.78. The van der Waals surface area contributed by atoms with Crippen LogP contribution in [0.4, 0.5) is 0 Å². The van der Waals surface area contributed by atoms with Crippen molar-refractivity contribution >= 4 is 27.5 Å². The molecule has 2 aliphatic heterocycles. The molecule has 0 spiro atoms. The summed E-state index contributed by atoms with van der Waals surface area (Å²) in [5.41, 5.74) is 4.61. The van der Waals surface area contributed by atoms with E-state index < -0.39 is 0 Å². The molecule has 2 aliphatic rings. The van der Waals surface area contributed by atoms with Crippen LogP contribution in [-0.4, -0.2) is 28.0 Å². The molecule has 5 heteroatoms. The van der Waals surface area contributed by atoms with Crippen LogP contribution in [0.2, 0.25) is 0 Å². The number of rotatable bonds is 2. The minimum Gasteiger partial charge on any atom is -0.330 e. The van der Waals surface area contributed by atoms with Gasteiger partial charge in [-0.05, 0) is 43.5 Å². The van der Waals surface area contributed by atoms with Gasteiger partial charge in [0.2, 0.25) is 0 Å². The van der Waals surface area contributed by atoms with Gasteiger partial charge in [0.1, 0.15) is 5.69 Å². The molecule has 1 aromatic heterocycles. The highest BCUT2D eigenvalue weighted by molar-refractivity contribution is 9.10. The number of aromatic nitrogens is 1. The van der Waals surface area contributed by atoms with Crippen LogP contribution in [0, 0.1) is 0 Å². The Balaban J connectivity index is 1.63. The number of likely N-dealkylation sites (tertiary alicyclic amines) is 1. The van der Waals surface area contributed by atoms with Crippen LogP contribution in [0.5, 0.6) is 0 Å². The van der Waals surface area contributed by atoms with Crippen molar-refractivity contribution in [2.45, 2.75) is 32.4 Å². The summed E-state index contributed by atoms with van der Waals surface area (Å²) in [6.45, 7) is 3.41. The molecule has 1 atom stereocenters. The van der Waals surface area contributed by atoms with Crippen LogP contribution in [0.25, 0.3) is 0 Å². The fourth-order valence-electron chi connectivity index (χ4n) is 3.51. The van der Waals surface area contributed by atoms with Gasteiger partial charge >= 0.3 is 0 Å². The number of amides is 1. The van der Waals surface area contributed by atoms with E-state index in [0.717, 1.165) is 40.8 Å². The standard InChI is InChI=1S/C19H18BrN3O/c1-12-18-14(11-21-12)6-9-16(22-18)19(24)23-10-2-3-17(23)13-4-7-15(20)8-5-13/h4-9,17H,2-3,10-11H2,1H3/t17-/m0/s1. The predicted molar refractivity (Wildman–Crippen MR) is 97.3 cm³/mol. The molecule has 1 saturated heterocycles. The molecule has 1 fully saturated rings. The molecular formula is C19H18BrN3O. The lowest BCUT2D eigenvalue weighted by Gasteiger charge is -2.25. The average molecular weight is 384 g/mol. The Kier molecular flexibility index (Phi) is 3.96. The summed E-state index contributed by atoms with van der Waals surface area (Å²) >= 11 is 3.47. The minimum absolute atomic E-state index is 0.0166. The normalized spacial score (nSPS) is 19.3. The van der Waals surface area contributed by atoms with E-state index in [-0.39, 0.29) is 11.9 Å². The summed E-state index contributed by atoms with van der Waals surface area (Å²) < 4.78 is 1.05. The lowest BCUT2D eigenvalue weighted by atomic mass is 10.0. The molecule has 4 rings (SSSR count). The highest BCUT2D eigenvalue weighted by Gasteiger charge is 2.31. The largest absolute Gasteiger partial charge is 0.330 e. The van der Waals surface area contributed by atoms with Gasteiger partial charge in [0.25, 0.3) is 5.91 Å². The zero-order valence-corrected chi connectivity index (χ0v) is 15.1. The first kappa shape index (κ1) is 15.5. The van der Waals surface area contributed by atoms with Crippen molar-refractivity contribution in [3.05, 3.63) is 63.4 Å². The Morgan fingerprint density at radius 3 is 2.79 bits per heavy atom. The lowest BCUT2D eigenvalue weighted by Crippen LogP contribution is -2.31. The van der Waals surface area contributed by atoms with Gasteiger partial charge in [-0.3, -0.25) is 9.79 Å². The minimum atomic E-state index is 0.0166. The van der Waals surface area contributed by atoms with E-state index >= 15 is 0 Å². The van der Waals surface area contributed by atoms with Gasteiger partial charge in [0.05, 0.1) is 24.0 Å². The number of halogens is 1. The first-order valence-electron chi connectivity index (χ1n) is 8.21. The summed E-state index contributed by atoms with van der Waals surface area (Å²) in [5, 5.41) is 0. The number of benzene rings is 1. The first-order chi connectivity index (χ1) is 11.6. The van der Waals surface area contributed by atoms with Crippen molar-refractivity contribution < 1.29 is 4.79 Å². The number of aliphatic imine (C=N–C) groups is 1. The maximum atomic E-state index is 13.0. The second kappa shape index (κ2) is 6.13. The predicted octanol–water partition coefficient (Wildman–Crippen LogP) is 4.14. The molecule has 2 aromatic rings. The Labute approximate surface area is 149 Å². The summed E-state index contributed by atoms with van der Waals surface area (Å²) in [4.78, 5) is 24.0. The van der Waals surface area contributed by atoms with Gasteiger partial charge in [-0.25, -0.2) is 4.98 Å². The van der Waals surface area contributed by atoms with Gasteiger partial charge in [0, 0.05) is 16.6 Å². The van der Waals surface area contributed by atoms with Crippen molar-refractivity contribution in [1.82, 2.24) is 9.88 Å². The van der Waals surface area contributed by atoms with Crippen LogP contribution in [0.15, 0.2) is 45.9 Å². The Morgan fingerprint density at radius 1 is 1.21 bits per heavy atom. The molecule has 0 unspecified atom stereocenters. The number of hydrogen-bond acceptors (Lipinski definition) is 3. The van der Waals surface area contributed by atoms with Crippen LogP contribution in [0.3, 0.4) is 0 Å². The number of carbonyl (C=O) groups is 1. The first-order valence-corrected chi connectivity index (χ1v) is 9.00. The zero-order valence-electron chi connectivity index (χ0n) is 13.5. The third kappa shape index (κ3) is 2.67. The van der Waals surface area contributed by atoms with Gasteiger partial charge in [-0.2, -0.15) is 0 Å². The van der Waals surface area contributed by atoms with Gasteiger partial charge < -0.3 is 4.90 Å². The third-order valence-corrected chi connectivity index (χ3v) is 5.32. The van der Waals surface area contributed by atoms with Gasteiger partial charge in [-0.1, -0.05) is 34.1 Å². The molecule has 1 aromatic carbocycles. The van der Waals surface area contributed by atoms with Crippen LogP contribution >= 0.6 is 15.9 Å². The van der Waals surface area contributed by atoms with Crippen molar-refractivity contribution in [3.63, 3.8) is 0 Å². The van der Waals surface area contributed by atoms with E-state index in [4.69, 9.17) is 0 Å². The van der Waals surface area contributed by atoms with E-state index in [2.05, 4.69) is 38.0 Å². The molecule has 4 nitrogen and oxygen atoms in total. The fraction of sp³-hybridized carbons (Fsp3) is 0.316. The Morgan fingerprint density at radius 2 is 2.00 bits per heavy atom. The Hall–Kier alpha value is -2.01. The molecule has 0 saturated carbocycles. The average Bonchev–Trinajstić information content (AvgIpc) is 3.22. The number of pyridine rings is 1. The molecule has 0 bridgehead atoms. The maximum absolute atomic E-state index is 13.0. The zero-order chi connectivity index (χ0) is 16.7. The third-order valence-electron chi connectivity index (χ3n) is 4.80. The highest BCUT2D eigenvalue weighted by atomic mass is 79.9.